The van der Waals surface area contributed by atoms with Crippen LogP contribution in [0.3, 0.4) is 0 Å². The van der Waals surface area contributed by atoms with Crippen molar-refractivity contribution >= 4 is 43.6 Å². The Balaban J connectivity index is 1.70. The van der Waals surface area contributed by atoms with Crippen molar-refractivity contribution in [2.24, 2.45) is 0 Å². The quantitative estimate of drug-likeness (QED) is 0.171. The lowest BCUT2D eigenvalue weighted by atomic mass is 9.89. The molecule has 1 aromatic heterocycles. The van der Waals surface area contributed by atoms with Crippen molar-refractivity contribution in [1.29, 1.82) is 0 Å². The molecule has 1 heterocycles. The van der Waals surface area contributed by atoms with Gasteiger partial charge in [0.15, 0.2) is 6.10 Å². The first-order valence-corrected chi connectivity index (χ1v) is 14.2. The minimum Gasteiger partial charge on any atom is -0.478 e. The zero-order valence-electron chi connectivity index (χ0n) is 23.1. The highest BCUT2D eigenvalue weighted by Gasteiger charge is 2.26. The van der Waals surface area contributed by atoms with Gasteiger partial charge in [-0.15, -0.1) is 0 Å². The van der Waals surface area contributed by atoms with E-state index in [4.69, 9.17) is 13.9 Å². The molecule has 0 N–H and O–H groups in total. The zero-order chi connectivity index (χ0) is 27.7. The van der Waals surface area contributed by atoms with E-state index in [-0.39, 0.29) is 5.97 Å². The summed E-state index contributed by atoms with van der Waals surface area (Å²) in [7, 11) is 1.41. The minimum atomic E-state index is -0.738. The maximum Gasteiger partial charge on any atom is 0.347 e. The lowest BCUT2D eigenvalue weighted by Gasteiger charge is -2.23. The number of methoxy groups -OCH3 is 1. The predicted octanol–water partition coefficient (Wildman–Crippen LogP) is 8.92. The van der Waals surface area contributed by atoms with Gasteiger partial charge in [0.1, 0.15) is 17.1 Å². The predicted molar refractivity (Wildman–Crippen MR) is 162 cm³/mol. The molecule has 0 saturated carbocycles. The Morgan fingerprint density at radius 3 is 2.15 bits per heavy atom. The van der Waals surface area contributed by atoms with E-state index < -0.39 is 6.10 Å². The lowest BCUT2D eigenvalue weighted by Crippen LogP contribution is -2.31. The lowest BCUT2D eigenvalue weighted by molar-refractivity contribution is -0.148. The number of rotatable bonds is 8. The molecule has 0 radical (unpaired) electrons. The van der Waals surface area contributed by atoms with E-state index in [9.17, 15) is 4.79 Å². The van der Waals surface area contributed by atoms with Gasteiger partial charge in [0.2, 0.25) is 0 Å². The van der Waals surface area contributed by atoms with Crippen molar-refractivity contribution in [2.45, 2.75) is 53.1 Å². The summed E-state index contributed by atoms with van der Waals surface area (Å²) in [5, 5.41) is 3.39. The van der Waals surface area contributed by atoms with Crippen LogP contribution in [0.5, 0.6) is 5.75 Å². The fourth-order valence-corrected chi connectivity index (χ4v) is 6.01. The second kappa shape index (κ2) is 11.3. The molecule has 0 bridgehead atoms. The van der Waals surface area contributed by atoms with Crippen molar-refractivity contribution < 1.29 is 18.7 Å². The standard InChI is InChI=1S/C34H33BrO4/c1-6-23-18-25(30-26-15-11-12-16-27(26)31(35)33-29(30)20(3)21(4)38-33)19-24(7-2)32(23)39-28(34(36)37-5)17-22-13-9-8-10-14-22/h8-16,18-19,28H,6-7,17H2,1-5H3/t28-/m1/s1. The molecule has 0 aliphatic carbocycles. The average molecular weight is 586 g/mol. The van der Waals surface area contributed by atoms with Crippen LogP contribution >= 0.6 is 15.9 Å². The maximum atomic E-state index is 12.8. The van der Waals surface area contributed by atoms with Crippen LogP contribution in [0.15, 0.2) is 75.6 Å². The second-order valence-corrected chi connectivity index (χ2v) is 10.7. The van der Waals surface area contributed by atoms with Crippen LogP contribution in [0.2, 0.25) is 0 Å². The van der Waals surface area contributed by atoms with Crippen molar-refractivity contribution in [3.8, 4) is 16.9 Å². The van der Waals surface area contributed by atoms with Gasteiger partial charge in [-0.1, -0.05) is 68.4 Å². The molecule has 5 heteroatoms. The molecule has 5 aromatic rings. The highest BCUT2D eigenvalue weighted by atomic mass is 79.9. The first-order chi connectivity index (χ1) is 18.9. The number of halogens is 1. The highest BCUT2D eigenvalue weighted by Crippen LogP contribution is 2.46. The van der Waals surface area contributed by atoms with E-state index in [2.05, 4.69) is 73.1 Å². The summed E-state index contributed by atoms with van der Waals surface area (Å²) in [4.78, 5) is 12.8. The van der Waals surface area contributed by atoms with Gasteiger partial charge >= 0.3 is 5.97 Å². The fourth-order valence-electron chi connectivity index (χ4n) is 5.38. The Kier molecular flexibility index (Phi) is 7.81. The van der Waals surface area contributed by atoms with Gasteiger partial charge in [-0.3, -0.25) is 0 Å². The second-order valence-electron chi connectivity index (χ2n) is 9.87. The van der Waals surface area contributed by atoms with Crippen molar-refractivity contribution in [3.63, 3.8) is 0 Å². The Labute approximate surface area is 238 Å². The number of benzene rings is 4. The molecule has 39 heavy (non-hydrogen) atoms. The molecule has 0 unspecified atom stereocenters. The van der Waals surface area contributed by atoms with Crippen LogP contribution < -0.4 is 4.74 Å². The molecular weight excluding hydrogens is 552 g/mol. The molecular formula is C34H33BrO4. The topological polar surface area (TPSA) is 48.7 Å². The van der Waals surface area contributed by atoms with Crippen LogP contribution in [0.1, 0.15) is 41.9 Å². The molecule has 0 fully saturated rings. The SMILES string of the molecule is CCc1cc(-c2c3ccccc3c(Br)c3oc(C)c(C)c23)cc(CC)c1O[C@H](Cc1ccccc1)C(=O)OC. The summed E-state index contributed by atoms with van der Waals surface area (Å²) in [6, 6.07) is 22.8. The van der Waals surface area contributed by atoms with E-state index in [0.717, 1.165) is 83.9 Å². The van der Waals surface area contributed by atoms with E-state index in [1.165, 1.54) is 7.11 Å². The molecule has 0 aliphatic rings. The summed E-state index contributed by atoms with van der Waals surface area (Å²) < 4.78 is 18.9. The summed E-state index contributed by atoms with van der Waals surface area (Å²) in [5.41, 5.74) is 7.42. The molecule has 4 aromatic carbocycles. The summed E-state index contributed by atoms with van der Waals surface area (Å²) >= 11 is 3.82. The fraction of sp³-hybridized carbons (Fsp3) is 0.265. The number of carbonyl (C=O) groups is 1. The van der Waals surface area contributed by atoms with Crippen molar-refractivity contribution in [3.05, 3.63) is 99.2 Å². The molecule has 0 spiro atoms. The Hall–Kier alpha value is -3.57. The van der Waals surface area contributed by atoms with Crippen molar-refractivity contribution in [2.75, 3.05) is 7.11 Å². The average Bonchev–Trinajstić information content (AvgIpc) is 3.27. The third kappa shape index (κ3) is 4.96. The van der Waals surface area contributed by atoms with Gasteiger partial charge in [-0.05, 0) is 88.0 Å². The molecule has 0 aliphatic heterocycles. The number of hydrogen-bond donors (Lipinski definition) is 0. The number of ether oxygens (including phenoxy) is 2. The zero-order valence-corrected chi connectivity index (χ0v) is 24.6. The van der Waals surface area contributed by atoms with Gasteiger partial charge < -0.3 is 13.9 Å². The molecule has 1 atom stereocenters. The monoisotopic (exact) mass is 584 g/mol. The molecule has 5 rings (SSSR count). The Morgan fingerprint density at radius 2 is 1.54 bits per heavy atom. The van der Waals surface area contributed by atoms with Crippen LogP contribution in [-0.2, 0) is 28.8 Å². The smallest absolute Gasteiger partial charge is 0.347 e. The van der Waals surface area contributed by atoms with E-state index in [1.54, 1.807) is 0 Å². The maximum absolute atomic E-state index is 12.8. The van der Waals surface area contributed by atoms with Gasteiger partial charge in [-0.25, -0.2) is 4.79 Å². The summed E-state index contributed by atoms with van der Waals surface area (Å²) in [6.45, 7) is 8.38. The van der Waals surface area contributed by atoms with Crippen LogP contribution in [0, 0.1) is 13.8 Å². The minimum absolute atomic E-state index is 0.378. The van der Waals surface area contributed by atoms with Gasteiger partial charge in [0.05, 0.1) is 11.6 Å². The van der Waals surface area contributed by atoms with Crippen LogP contribution in [-0.4, -0.2) is 19.2 Å². The molecule has 0 saturated heterocycles. The summed E-state index contributed by atoms with van der Waals surface area (Å²) in [5.74, 6) is 1.31. The molecule has 200 valence electrons. The van der Waals surface area contributed by atoms with Gasteiger partial charge in [0.25, 0.3) is 0 Å². The number of carbonyl (C=O) groups excluding carboxylic acids is 1. The first-order valence-electron chi connectivity index (χ1n) is 13.4. The Morgan fingerprint density at radius 1 is 0.923 bits per heavy atom. The Bertz CT molecular complexity index is 1640. The van der Waals surface area contributed by atoms with Crippen molar-refractivity contribution in [1.82, 2.24) is 0 Å². The van der Waals surface area contributed by atoms with E-state index in [1.807, 2.05) is 37.3 Å². The number of hydrogen-bond acceptors (Lipinski definition) is 4. The third-order valence-electron chi connectivity index (χ3n) is 7.55. The van der Waals surface area contributed by atoms with E-state index >= 15 is 0 Å². The highest BCUT2D eigenvalue weighted by molar-refractivity contribution is 9.10. The number of fused-ring (bicyclic) bond motifs is 2. The number of furan rings is 1. The molecule has 0 amide bonds. The normalized spacial score (nSPS) is 12.2. The molecule has 4 nitrogen and oxygen atoms in total. The van der Waals surface area contributed by atoms with E-state index in [0.29, 0.717) is 6.42 Å². The summed E-state index contributed by atoms with van der Waals surface area (Å²) in [6.07, 6.45) is 1.22. The van der Waals surface area contributed by atoms with Crippen LogP contribution in [0.25, 0.3) is 32.9 Å². The number of aryl methyl sites for hydroxylation is 4. The van der Waals surface area contributed by atoms with Gasteiger partial charge in [-0.2, -0.15) is 0 Å². The number of esters is 1. The third-order valence-corrected chi connectivity index (χ3v) is 8.34. The first kappa shape index (κ1) is 27.0. The largest absolute Gasteiger partial charge is 0.478 e. The van der Waals surface area contributed by atoms with Crippen LogP contribution in [0.4, 0.5) is 0 Å². The van der Waals surface area contributed by atoms with Gasteiger partial charge in [0, 0.05) is 22.8 Å².